The molecule has 4 nitrogen and oxygen atoms in total. The largest absolute Gasteiger partial charge is 0.435 e. The van der Waals surface area contributed by atoms with Gasteiger partial charge in [-0.1, -0.05) is 28.1 Å². The van der Waals surface area contributed by atoms with Gasteiger partial charge in [-0.2, -0.15) is 13.2 Å². The van der Waals surface area contributed by atoms with Crippen LogP contribution in [0.25, 0.3) is 0 Å². The Labute approximate surface area is 146 Å². The van der Waals surface area contributed by atoms with Crippen LogP contribution in [0.5, 0.6) is 0 Å². The van der Waals surface area contributed by atoms with E-state index in [0.717, 1.165) is 43.3 Å². The van der Waals surface area contributed by atoms with Crippen LogP contribution in [0, 0.1) is 0 Å². The molecule has 1 fully saturated rings. The summed E-state index contributed by atoms with van der Waals surface area (Å²) >= 11 is 3.42. The van der Waals surface area contributed by atoms with Crippen LogP contribution in [-0.4, -0.2) is 41.3 Å². The Morgan fingerprint density at radius 1 is 0.917 bits per heavy atom. The first-order valence-electron chi connectivity index (χ1n) is 7.54. The average molecular weight is 401 g/mol. The van der Waals surface area contributed by atoms with Gasteiger partial charge >= 0.3 is 6.18 Å². The molecule has 1 aromatic carbocycles. The maximum Gasteiger partial charge on any atom is 0.435 e. The molecule has 0 aliphatic carbocycles. The number of anilines is 1. The second-order valence-electron chi connectivity index (χ2n) is 5.66. The maximum atomic E-state index is 12.5. The Morgan fingerprint density at radius 3 is 2.12 bits per heavy atom. The number of nitrogens with zero attached hydrogens (tertiary/aromatic N) is 4. The van der Waals surface area contributed by atoms with Crippen molar-refractivity contribution < 1.29 is 13.2 Å². The summed E-state index contributed by atoms with van der Waals surface area (Å²) in [5.41, 5.74) is 0.279. The zero-order chi connectivity index (χ0) is 17.2. The zero-order valence-corrected chi connectivity index (χ0v) is 14.4. The lowest BCUT2D eigenvalue weighted by Gasteiger charge is -2.35. The van der Waals surface area contributed by atoms with Gasteiger partial charge in [0.2, 0.25) is 0 Å². The van der Waals surface area contributed by atoms with Crippen molar-refractivity contribution in [3.63, 3.8) is 0 Å². The molecule has 1 aliphatic heterocycles. The van der Waals surface area contributed by atoms with Crippen molar-refractivity contribution >= 4 is 21.7 Å². The Hall–Kier alpha value is -1.67. The van der Waals surface area contributed by atoms with E-state index < -0.39 is 11.9 Å². The van der Waals surface area contributed by atoms with Crippen LogP contribution in [-0.2, 0) is 12.7 Å². The molecular formula is C16H16BrF3N4. The molecule has 1 aromatic heterocycles. The molecule has 0 saturated carbocycles. The monoisotopic (exact) mass is 400 g/mol. The molecule has 2 aromatic rings. The van der Waals surface area contributed by atoms with Crippen LogP contribution in [0.3, 0.4) is 0 Å². The second-order valence-corrected chi connectivity index (χ2v) is 6.58. The highest BCUT2D eigenvalue weighted by Gasteiger charge is 2.33. The third-order valence-corrected chi connectivity index (χ3v) is 4.49. The fourth-order valence-corrected chi connectivity index (χ4v) is 2.89. The number of hydrogen-bond donors (Lipinski definition) is 0. The van der Waals surface area contributed by atoms with Crippen LogP contribution in [0.4, 0.5) is 19.0 Å². The van der Waals surface area contributed by atoms with E-state index in [1.54, 1.807) is 0 Å². The summed E-state index contributed by atoms with van der Waals surface area (Å²) in [4.78, 5) is 4.28. The van der Waals surface area contributed by atoms with Crippen molar-refractivity contribution in [2.24, 2.45) is 0 Å². The van der Waals surface area contributed by atoms with E-state index in [0.29, 0.717) is 5.82 Å². The van der Waals surface area contributed by atoms with Crippen LogP contribution in [0.15, 0.2) is 40.9 Å². The van der Waals surface area contributed by atoms with Crippen molar-refractivity contribution in [3.05, 3.63) is 52.1 Å². The first-order chi connectivity index (χ1) is 11.4. The van der Waals surface area contributed by atoms with Gasteiger partial charge in [-0.05, 0) is 29.8 Å². The van der Waals surface area contributed by atoms with Crippen molar-refractivity contribution in [1.82, 2.24) is 15.1 Å². The summed E-state index contributed by atoms with van der Waals surface area (Å²) in [7, 11) is 0. The lowest BCUT2D eigenvalue weighted by Crippen LogP contribution is -2.46. The Morgan fingerprint density at radius 2 is 1.58 bits per heavy atom. The van der Waals surface area contributed by atoms with Gasteiger partial charge in [0.25, 0.3) is 0 Å². The van der Waals surface area contributed by atoms with Gasteiger partial charge < -0.3 is 4.90 Å². The molecule has 0 N–H and O–H groups in total. The number of aromatic nitrogens is 2. The highest BCUT2D eigenvalue weighted by molar-refractivity contribution is 9.10. The van der Waals surface area contributed by atoms with Crippen LogP contribution in [0.1, 0.15) is 11.3 Å². The fraction of sp³-hybridized carbons (Fsp3) is 0.375. The van der Waals surface area contributed by atoms with E-state index in [2.05, 4.69) is 43.2 Å². The Kier molecular flexibility index (Phi) is 5.05. The summed E-state index contributed by atoms with van der Waals surface area (Å²) in [5.74, 6) is 0.492. The quantitative estimate of drug-likeness (QED) is 0.787. The van der Waals surface area contributed by atoms with Crippen LogP contribution < -0.4 is 4.90 Å². The molecule has 1 saturated heterocycles. The van der Waals surface area contributed by atoms with E-state index in [9.17, 15) is 13.2 Å². The van der Waals surface area contributed by atoms with Crippen molar-refractivity contribution in [1.29, 1.82) is 0 Å². The van der Waals surface area contributed by atoms with E-state index >= 15 is 0 Å². The molecule has 8 heteroatoms. The molecule has 1 aliphatic rings. The summed E-state index contributed by atoms with van der Waals surface area (Å²) in [6.45, 7) is 3.96. The third kappa shape index (κ3) is 4.24. The first kappa shape index (κ1) is 17.2. The number of piperazine rings is 1. The summed E-state index contributed by atoms with van der Waals surface area (Å²) in [5, 5.41) is 7.01. The Balaban J connectivity index is 1.56. The minimum atomic E-state index is -4.45. The van der Waals surface area contributed by atoms with Gasteiger partial charge in [-0.25, -0.2) is 0 Å². The first-order valence-corrected chi connectivity index (χ1v) is 8.34. The highest BCUT2D eigenvalue weighted by atomic mass is 79.9. The SMILES string of the molecule is FC(F)(F)c1ccc(N2CCN(Cc3ccc(Br)cc3)CC2)nn1. The minimum absolute atomic E-state index is 0.492. The smallest absolute Gasteiger partial charge is 0.353 e. The summed E-state index contributed by atoms with van der Waals surface area (Å²) in [6.07, 6.45) is -4.45. The number of benzene rings is 1. The average Bonchev–Trinajstić information content (AvgIpc) is 2.57. The predicted octanol–water partition coefficient (Wildman–Crippen LogP) is 3.58. The van der Waals surface area contributed by atoms with Gasteiger partial charge in [0, 0.05) is 37.2 Å². The lowest BCUT2D eigenvalue weighted by molar-refractivity contribution is -0.141. The molecule has 0 atom stereocenters. The molecule has 0 amide bonds. The third-order valence-electron chi connectivity index (χ3n) is 3.96. The molecule has 0 radical (unpaired) electrons. The van der Waals surface area contributed by atoms with Gasteiger partial charge in [0.1, 0.15) is 0 Å². The van der Waals surface area contributed by atoms with Gasteiger partial charge in [0.05, 0.1) is 0 Å². The summed E-state index contributed by atoms with van der Waals surface area (Å²) < 4.78 is 38.6. The standard InChI is InChI=1S/C16H16BrF3N4/c17-13-3-1-12(2-4-13)11-23-7-9-24(10-8-23)15-6-5-14(21-22-15)16(18,19)20/h1-6H,7-11H2. The van der Waals surface area contributed by atoms with Gasteiger partial charge in [-0.15, -0.1) is 10.2 Å². The van der Waals surface area contributed by atoms with E-state index in [4.69, 9.17) is 0 Å². The normalized spacial score (nSPS) is 16.4. The van der Waals surface area contributed by atoms with E-state index in [-0.39, 0.29) is 0 Å². The number of hydrogen-bond acceptors (Lipinski definition) is 4. The van der Waals surface area contributed by atoms with E-state index in [1.807, 2.05) is 17.0 Å². The van der Waals surface area contributed by atoms with Gasteiger partial charge in [0.15, 0.2) is 11.5 Å². The molecule has 128 valence electrons. The predicted molar refractivity (Wildman–Crippen MR) is 88.7 cm³/mol. The highest BCUT2D eigenvalue weighted by Crippen LogP contribution is 2.27. The van der Waals surface area contributed by atoms with Crippen molar-refractivity contribution in [3.8, 4) is 0 Å². The van der Waals surface area contributed by atoms with Gasteiger partial charge in [-0.3, -0.25) is 4.90 Å². The summed E-state index contributed by atoms with van der Waals surface area (Å²) in [6, 6.07) is 10.6. The molecule has 0 spiro atoms. The number of alkyl halides is 3. The topological polar surface area (TPSA) is 32.3 Å². The Bertz CT molecular complexity index is 665. The molecule has 0 bridgehead atoms. The number of rotatable bonds is 3. The fourth-order valence-electron chi connectivity index (χ4n) is 2.63. The molecule has 0 unspecified atom stereocenters. The molecular weight excluding hydrogens is 385 g/mol. The lowest BCUT2D eigenvalue weighted by atomic mass is 10.2. The molecule has 24 heavy (non-hydrogen) atoms. The van der Waals surface area contributed by atoms with Crippen molar-refractivity contribution in [2.45, 2.75) is 12.7 Å². The molecule has 3 rings (SSSR count). The van der Waals surface area contributed by atoms with Crippen LogP contribution in [0.2, 0.25) is 0 Å². The zero-order valence-electron chi connectivity index (χ0n) is 12.8. The second kappa shape index (κ2) is 7.06. The minimum Gasteiger partial charge on any atom is -0.353 e. The maximum absolute atomic E-state index is 12.5. The molecule has 2 heterocycles. The van der Waals surface area contributed by atoms with E-state index in [1.165, 1.54) is 11.6 Å². The van der Waals surface area contributed by atoms with Crippen molar-refractivity contribution in [2.75, 3.05) is 31.1 Å². The van der Waals surface area contributed by atoms with Crippen LogP contribution >= 0.6 is 15.9 Å². The number of halogens is 4.